The minimum absolute atomic E-state index is 0.0921. The van der Waals surface area contributed by atoms with Gasteiger partial charge in [-0.05, 0) is 37.7 Å². The standard InChI is InChI=1S/C16H30N4O5S/c1-9(2)7-12(20-14(22)10(3)18-13(21)8-17)15(23)19-11(16(24)25)5-6-26-4/h9-12H,5-8,17H2,1-4H3,(H,18,21)(H,19,23)(H,20,22)(H,24,25). The number of hydrogen-bond acceptors (Lipinski definition) is 6. The Hall–Kier alpha value is -1.81. The lowest BCUT2D eigenvalue weighted by Crippen LogP contribution is -2.55. The first-order valence-corrected chi connectivity index (χ1v) is 9.83. The van der Waals surface area contributed by atoms with E-state index in [0.717, 1.165) is 0 Å². The topological polar surface area (TPSA) is 151 Å². The molecule has 0 aliphatic rings. The fraction of sp³-hybridized carbons (Fsp3) is 0.750. The quantitative estimate of drug-likeness (QED) is 0.296. The van der Waals surface area contributed by atoms with Crippen molar-refractivity contribution in [1.82, 2.24) is 16.0 Å². The van der Waals surface area contributed by atoms with E-state index in [9.17, 15) is 24.3 Å². The summed E-state index contributed by atoms with van der Waals surface area (Å²) >= 11 is 1.48. The van der Waals surface area contributed by atoms with E-state index in [0.29, 0.717) is 12.2 Å². The van der Waals surface area contributed by atoms with Crippen molar-refractivity contribution in [2.45, 2.75) is 51.7 Å². The number of nitrogens with two attached hydrogens (primary N) is 1. The third-order valence-electron chi connectivity index (χ3n) is 3.52. The van der Waals surface area contributed by atoms with Gasteiger partial charge in [0.1, 0.15) is 18.1 Å². The first-order chi connectivity index (χ1) is 12.1. The van der Waals surface area contributed by atoms with Crippen molar-refractivity contribution >= 4 is 35.5 Å². The molecule has 0 aromatic rings. The van der Waals surface area contributed by atoms with Crippen LogP contribution >= 0.6 is 11.8 Å². The van der Waals surface area contributed by atoms with E-state index in [-0.39, 0.29) is 18.9 Å². The summed E-state index contributed by atoms with van der Waals surface area (Å²) in [6.45, 7) is 5.00. The summed E-state index contributed by atoms with van der Waals surface area (Å²) in [6.07, 6.45) is 2.47. The Balaban J connectivity index is 4.99. The molecule has 0 bridgehead atoms. The minimum Gasteiger partial charge on any atom is -0.480 e. The number of carbonyl (C=O) groups excluding carboxylic acids is 3. The summed E-state index contributed by atoms with van der Waals surface area (Å²) in [5, 5.41) is 16.7. The Morgan fingerprint density at radius 1 is 1.00 bits per heavy atom. The van der Waals surface area contributed by atoms with Gasteiger partial charge in [-0.1, -0.05) is 13.8 Å². The van der Waals surface area contributed by atoms with E-state index in [4.69, 9.17) is 5.73 Å². The molecule has 150 valence electrons. The molecule has 0 radical (unpaired) electrons. The summed E-state index contributed by atoms with van der Waals surface area (Å²) in [5.41, 5.74) is 5.19. The van der Waals surface area contributed by atoms with Crippen LogP contribution in [0, 0.1) is 5.92 Å². The molecule has 0 rings (SSSR count). The van der Waals surface area contributed by atoms with Gasteiger partial charge in [0.05, 0.1) is 6.54 Å². The first-order valence-electron chi connectivity index (χ1n) is 8.44. The number of nitrogens with one attached hydrogen (secondary N) is 3. The molecule has 3 amide bonds. The number of carboxylic acid groups (broad SMARTS) is 1. The number of rotatable bonds is 12. The average Bonchev–Trinajstić information content (AvgIpc) is 2.56. The normalized spacial score (nSPS) is 14.2. The molecule has 0 saturated heterocycles. The van der Waals surface area contributed by atoms with Crippen molar-refractivity contribution in [3.8, 4) is 0 Å². The fourth-order valence-corrected chi connectivity index (χ4v) is 2.60. The van der Waals surface area contributed by atoms with E-state index in [2.05, 4.69) is 16.0 Å². The lowest BCUT2D eigenvalue weighted by atomic mass is 10.0. The van der Waals surface area contributed by atoms with Crippen LogP contribution in [0.3, 0.4) is 0 Å². The second-order valence-corrected chi connectivity index (χ2v) is 7.35. The van der Waals surface area contributed by atoms with E-state index in [1.807, 2.05) is 20.1 Å². The zero-order valence-corrected chi connectivity index (χ0v) is 16.5. The molecule has 0 spiro atoms. The summed E-state index contributed by atoms with van der Waals surface area (Å²) in [6, 6.07) is -2.77. The van der Waals surface area contributed by atoms with Crippen LogP contribution < -0.4 is 21.7 Å². The highest BCUT2D eigenvalue weighted by Gasteiger charge is 2.28. The third kappa shape index (κ3) is 9.62. The maximum Gasteiger partial charge on any atom is 0.326 e. The van der Waals surface area contributed by atoms with Crippen LogP contribution in [0.2, 0.25) is 0 Å². The number of hydrogen-bond donors (Lipinski definition) is 5. The Bertz CT molecular complexity index is 501. The summed E-state index contributed by atoms with van der Waals surface area (Å²) in [5.74, 6) is -2.03. The predicted molar refractivity (Wildman–Crippen MR) is 101 cm³/mol. The minimum atomic E-state index is -1.12. The van der Waals surface area contributed by atoms with Crippen LogP contribution in [-0.4, -0.2) is 65.5 Å². The van der Waals surface area contributed by atoms with Gasteiger partial charge in [-0.3, -0.25) is 14.4 Å². The molecule has 0 fully saturated rings. The second-order valence-electron chi connectivity index (χ2n) is 6.36. The van der Waals surface area contributed by atoms with Crippen molar-refractivity contribution in [2.24, 2.45) is 11.7 Å². The molecule has 0 saturated carbocycles. The van der Waals surface area contributed by atoms with Gasteiger partial charge < -0.3 is 26.8 Å². The highest BCUT2D eigenvalue weighted by Crippen LogP contribution is 2.07. The number of thioether (sulfide) groups is 1. The largest absolute Gasteiger partial charge is 0.480 e. The molecule has 0 heterocycles. The second kappa shape index (κ2) is 12.5. The Labute approximate surface area is 158 Å². The average molecular weight is 391 g/mol. The van der Waals surface area contributed by atoms with E-state index < -0.39 is 41.8 Å². The molecule has 3 atom stereocenters. The molecule has 3 unspecified atom stereocenters. The maximum atomic E-state index is 12.5. The van der Waals surface area contributed by atoms with Crippen LogP contribution in [-0.2, 0) is 19.2 Å². The maximum absolute atomic E-state index is 12.5. The number of carboxylic acids is 1. The van der Waals surface area contributed by atoms with Crippen LogP contribution in [0.15, 0.2) is 0 Å². The van der Waals surface area contributed by atoms with Crippen LogP contribution in [0.25, 0.3) is 0 Å². The van der Waals surface area contributed by atoms with E-state index in [1.54, 1.807) is 0 Å². The van der Waals surface area contributed by atoms with Crippen LogP contribution in [0.4, 0.5) is 0 Å². The molecule has 0 aromatic carbocycles. The van der Waals surface area contributed by atoms with Crippen molar-refractivity contribution in [1.29, 1.82) is 0 Å². The van der Waals surface area contributed by atoms with Crippen molar-refractivity contribution in [3.63, 3.8) is 0 Å². The van der Waals surface area contributed by atoms with Crippen molar-refractivity contribution in [3.05, 3.63) is 0 Å². The van der Waals surface area contributed by atoms with Gasteiger partial charge in [0.25, 0.3) is 0 Å². The summed E-state index contributed by atoms with van der Waals surface area (Å²) < 4.78 is 0. The molecular weight excluding hydrogens is 360 g/mol. The summed E-state index contributed by atoms with van der Waals surface area (Å²) in [7, 11) is 0. The molecule has 0 aliphatic heterocycles. The van der Waals surface area contributed by atoms with Gasteiger partial charge >= 0.3 is 5.97 Å². The lowest BCUT2D eigenvalue weighted by molar-refractivity contribution is -0.142. The third-order valence-corrected chi connectivity index (χ3v) is 4.17. The molecule has 26 heavy (non-hydrogen) atoms. The Morgan fingerprint density at radius 3 is 2.04 bits per heavy atom. The highest BCUT2D eigenvalue weighted by molar-refractivity contribution is 7.98. The van der Waals surface area contributed by atoms with Crippen molar-refractivity contribution < 1.29 is 24.3 Å². The van der Waals surface area contributed by atoms with Gasteiger partial charge in [0.2, 0.25) is 17.7 Å². The predicted octanol–water partition coefficient (Wildman–Crippen LogP) is -0.697. The smallest absolute Gasteiger partial charge is 0.326 e. The molecule has 10 heteroatoms. The first kappa shape index (κ1) is 24.2. The Kier molecular flexibility index (Phi) is 11.7. The number of carbonyl (C=O) groups is 4. The SMILES string of the molecule is CSCCC(NC(=O)C(CC(C)C)NC(=O)C(C)NC(=O)CN)C(=O)O. The molecule has 9 nitrogen and oxygen atoms in total. The van der Waals surface area contributed by atoms with Crippen LogP contribution in [0.5, 0.6) is 0 Å². The van der Waals surface area contributed by atoms with Gasteiger partial charge in [-0.2, -0.15) is 11.8 Å². The summed E-state index contributed by atoms with van der Waals surface area (Å²) in [4.78, 5) is 47.3. The number of amides is 3. The fourth-order valence-electron chi connectivity index (χ4n) is 2.13. The number of aliphatic carboxylic acids is 1. The van der Waals surface area contributed by atoms with E-state index in [1.165, 1.54) is 18.7 Å². The monoisotopic (exact) mass is 390 g/mol. The lowest BCUT2D eigenvalue weighted by Gasteiger charge is -2.24. The van der Waals surface area contributed by atoms with Gasteiger partial charge in [-0.25, -0.2) is 4.79 Å². The van der Waals surface area contributed by atoms with Gasteiger partial charge in [0.15, 0.2) is 0 Å². The zero-order chi connectivity index (χ0) is 20.3. The molecule has 6 N–H and O–H groups in total. The molecular formula is C16H30N4O5S. The molecule has 0 aliphatic carbocycles. The van der Waals surface area contributed by atoms with E-state index >= 15 is 0 Å². The molecule has 0 aromatic heterocycles. The highest BCUT2D eigenvalue weighted by atomic mass is 32.2. The van der Waals surface area contributed by atoms with Gasteiger partial charge in [-0.15, -0.1) is 0 Å². The van der Waals surface area contributed by atoms with Crippen LogP contribution in [0.1, 0.15) is 33.6 Å². The van der Waals surface area contributed by atoms with Crippen molar-refractivity contribution in [2.75, 3.05) is 18.6 Å². The Morgan fingerprint density at radius 2 is 1.58 bits per heavy atom. The van der Waals surface area contributed by atoms with Gasteiger partial charge in [0, 0.05) is 0 Å². The zero-order valence-electron chi connectivity index (χ0n) is 15.7.